The topological polar surface area (TPSA) is 44.7 Å². The Bertz CT molecular complexity index is 237. The molecule has 0 aromatic rings. The first kappa shape index (κ1) is 12.3. The summed E-state index contributed by atoms with van der Waals surface area (Å²) < 4.78 is 5.58. The standard InChI is InChI=1S/C12H24N2O2/c1-12(16-2)4-3-5-14(9-12)8-10-6-11(15)7-13-10/h10-11,13,15H,3-9H2,1-2H3. The molecule has 0 spiro atoms. The minimum absolute atomic E-state index is 0.0233. The quantitative estimate of drug-likeness (QED) is 0.725. The average Bonchev–Trinajstić information content (AvgIpc) is 2.64. The minimum atomic E-state index is -0.149. The number of nitrogens with zero attached hydrogens (tertiary/aromatic N) is 1. The molecule has 0 radical (unpaired) electrons. The van der Waals surface area contributed by atoms with E-state index < -0.39 is 0 Å². The zero-order chi connectivity index (χ0) is 11.6. The maximum atomic E-state index is 9.47. The number of nitrogens with one attached hydrogen (secondary N) is 1. The third kappa shape index (κ3) is 2.94. The molecule has 0 aromatic carbocycles. The van der Waals surface area contributed by atoms with Crippen molar-refractivity contribution < 1.29 is 9.84 Å². The number of β-amino-alcohol motifs (C(OH)–C–C–N with tert-alkyl or cyclic N) is 1. The summed E-state index contributed by atoms with van der Waals surface area (Å²) in [5, 5.41) is 12.8. The molecule has 0 aliphatic carbocycles. The van der Waals surface area contributed by atoms with Crippen LogP contribution in [0, 0.1) is 0 Å². The van der Waals surface area contributed by atoms with Crippen molar-refractivity contribution in [3.8, 4) is 0 Å². The van der Waals surface area contributed by atoms with Gasteiger partial charge in [-0.1, -0.05) is 0 Å². The van der Waals surface area contributed by atoms with Crippen LogP contribution in [-0.2, 0) is 4.74 Å². The van der Waals surface area contributed by atoms with Crippen LogP contribution in [0.1, 0.15) is 26.2 Å². The SMILES string of the molecule is COC1(C)CCCN(CC2CC(O)CN2)C1. The highest BCUT2D eigenvalue weighted by atomic mass is 16.5. The predicted octanol–water partition coefficient (Wildman–Crippen LogP) is 0.210. The summed E-state index contributed by atoms with van der Waals surface area (Å²) in [5.41, 5.74) is 0.0233. The second-order valence-electron chi connectivity index (χ2n) is 5.49. The van der Waals surface area contributed by atoms with Gasteiger partial charge in [-0.25, -0.2) is 0 Å². The molecule has 4 nitrogen and oxygen atoms in total. The Morgan fingerprint density at radius 3 is 3.00 bits per heavy atom. The largest absolute Gasteiger partial charge is 0.392 e. The van der Waals surface area contributed by atoms with Gasteiger partial charge in [0.05, 0.1) is 11.7 Å². The smallest absolute Gasteiger partial charge is 0.0777 e. The van der Waals surface area contributed by atoms with Crippen LogP contribution in [0.25, 0.3) is 0 Å². The molecule has 0 bridgehead atoms. The fourth-order valence-corrected chi connectivity index (χ4v) is 2.88. The van der Waals surface area contributed by atoms with E-state index in [2.05, 4.69) is 17.1 Å². The summed E-state index contributed by atoms with van der Waals surface area (Å²) in [5.74, 6) is 0. The van der Waals surface area contributed by atoms with Crippen LogP contribution in [-0.4, -0.2) is 61.0 Å². The molecule has 2 aliphatic heterocycles. The van der Waals surface area contributed by atoms with Crippen LogP contribution in [0.3, 0.4) is 0 Å². The Morgan fingerprint density at radius 2 is 2.38 bits per heavy atom. The van der Waals surface area contributed by atoms with Gasteiger partial charge in [0.25, 0.3) is 0 Å². The van der Waals surface area contributed by atoms with Crippen molar-refractivity contribution in [2.45, 2.75) is 43.9 Å². The van der Waals surface area contributed by atoms with Gasteiger partial charge in [0.1, 0.15) is 0 Å². The number of hydrogen-bond acceptors (Lipinski definition) is 4. The van der Waals surface area contributed by atoms with E-state index in [-0.39, 0.29) is 11.7 Å². The van der Waals surface area contributed by atoms with Crippen molar-refractivity contribution in [3.05, 3.63) is 0 Å². The van der Waals surface area contributed by atoms with Gasteiger partial charge < -0.3 is 15.2 Å². The Morgan fingerprint density at radius 1 is 1.56 bits per heavy atom. The van der Waals surface area contributed by atoms with E-state index >= 15 is 0 Å². The fraction of sp³-hybridized carbons (Fsp3) is 1.00. The maximum absolute atomic E-state index is 9.47. The van der Waals surface area contributed by atoms with E-state index in [1.54, 1.807) is 7.11 Å². The molecule has 4 heteroatoms. The van der Waals surface area contributed by atoms with Gasteiger partial charge in [0.2, 0.25) is 0 Å². The average molecular weight is 228 g/mol. The first-order valence-electron chi connectivity index (χ1n) is 6.30. The highest BCUT2D eigenvalue weighted by molar-refractivity contribution is 4.89. The van der Waals surface area contributed by atoms with Gasteiger partial charge >= 0.3 is 0 Å². The first-order chi connectivity index (χ1) is 7.61. The summed E-state index contributed by atoms with van der Waals surface area (Å²) in [6, 6.07) is 0.453. The molecule has 2 fully saturated rings. The molecular weight excluding hydrogens is 204 g/mol. The second kappa shape index (κ2) is 5.00. The van der Waals surface area contributed by atoms with E-state index in [9.17, 15) is 5.11 Å². The van der Waals surface area contributed by atoms with Crippen LogP contribution in [0.5, 0.6) is 0 Å². The Labute approximate surface area is 98.0 Å². The van der Waals surface area contributed by atoms with Crippen molar-refractivity contribution in [1.82, 2.24) is 10.2 Å². The molecule has 2 aliphatic rings. The lowest BCUT2D eigenvalue weighted by molar-refractivity contribution is -0.0520. The zero-order valence-corrected chi connectivity index (χ0v) is 10.4. The Hall–Kier alpha value is -0.160. The number of aliphatic hydroxyl groups is 1. The number of ether oxygens (including phenoxy) is 1. The molecule has 2 rings (SSSR count). The van der Waals surface area contributed by atoms with Gasteiger partial charge in [-0.2, -0.15) is 0 Å². The zero-order valence-electron chi connectivity index (χ0n) is 10.4. The summed E-state index contributed by atoms with van der Waals surface area (Å²) in [7, 11) is 1.81. The molecule has 3 unspecified atom stereocenters. The molecule has 2 heterocycles. The van der Waals surface area contributed by atoms with E-state index in [1.165, 1.54) is 6.42 Å². The van der Waals surface area contributed by atoms with Crippen LogP contribution in [0.2, 0.25) is 0 Å². The highest BCUT2D eigenvalue weighted by Crippen LogP contribution is 2.24. The monoisotopic (exact) mass is 228 g/mol. The molecule has 0 saturated carbocycles. The van der Waals surface area contributed by atoms with E-state index in [0.29, 0.717) is 6.04 Å². The summed E-state index contributed by atoms with van der Waals surface area (Å²) in [4.78, 5) is 2.46. The summed E-state index contributed by atoms with van der Waals surface area (Å²) >= 11 is 0. The Balaban J connectivity index is 1.81. The van der Waals surface area contributed by atoms with E-state index in [0.717, 1.165) is 39.0 Å². The number of likely N-dealkylation sites (tertiary alicyclic amines) is 1. The third-order valence-corrected chi connectivity index (χ3v) is 3.91. The van der Waals surface area contributed by atoms with E-state index in [1.807, 2.05) is 0 Å². The van der Waals surface area contributed by atoms with Crippen LogP contribution >= 0.6 is 0 Å². The molecule has 94 valence electrons. The van der Waals surface area contributed by atoms with Crippen LogP contribution in [0.4, 0.5) is 0 Å². The molecular formula is C12H24N2O2. The van der Waals surface area contributed by atoms with Crippen LogP contribution in [0.15, 0.2) is 0 Å². The summed E-state index contributed by atoms with van der Waals surface area (Å²) in [6.07, 6.45) is 3.10. The van der Waals surface area contributed by atoms with Crippen molar-refractivity contribution >= 4 is 0 Å². The lowest BCUT2D eigenvalue weighted by Crippen LogP contribution is -2.50. The van der Waals surface area contributed by atoms with Gasteiger partial charge in [-0.05, 0) is 32.7 Å². The predicted molar refractivity (Wildman–Crippen MR) is 63.5 cm³/mol. The lowest BCUT2D eigenvalue weighted by atomic mass is 9.94. The van der Waals surface area contributed by atoms with Gasteiger partial charge in [0.15, 0.2) is 0 Å². The van der Waals surface area contributed by atoms with E-state index in [4.69, 9.17) is 4.74 Å². The lowest BCUT2D eigenvalue weighted by Gasteiger charge is -2.40. The van der Waals surface area contributed by atoms with Gasteiger partial charge in [-0.15, -0.1) is 0 Å². The molecule has 3 atom stereocenters. The molecule has 2 N–H and O–H groups in total. The van der Waals surface area contributed by atoms with Crippen molar-refractivity contribution in [2.75, 3.05) is 33.3 Å². The van der Waals surface area contributed by atoms with Gasteiger partial charge in [-0.3, -0.25) is 4.90 Å². The number of hydrogen-bond donors (Lipinski definition) is 2. The number of rotatable bonds is 3. The summed E-state index contributed by atoms with van der Waals surface area (Å²) in [6.45, 7) is 6.15. The second-order valence-corrected chi connectivity index (χ2v) is 5.49. The normalized spacial score (nSPS) is 41.4. The highest BCUT2D eigenvalue weighted by Gasteiger charge is 2.32. The number of aliphatic hydroxyl groups excluding tert-OH is 1. The number of piperidine rings is 1. The van der Waals surface area contributed by atoms with Crippen molar-refractivity contribution in [2.24, 2.45) is 0 Å². The molecule has 0 amide bonds. The van der Waals surface area contributed by atoms with Gasteiger partial charge in [0, 0.05) is 32.8 Å². The third-order valence-electron chi connectivity index (χ3n) is 3.91. The Kier molecular flexibility index (Phi) is 3.85. The van der Waals surface area contributed by atoms with Crippen molar-refractivity contribution in [3.63, 3.8) is 0 Å². The van der Waals surface area contributed by atoms with Crippen LogP contribution < -0.4 is 5.32 Å². The molecule has 2 saturated heterocycles. The van der Waals surface area contributed by atoms with Crippen molar-refractivity contribution in [1.29, 1.82) is 0 Å². The fourth-order valence-electron chi connectivity index (χ4n) is 2.88. The maximum Gasteiger partial charge on any atom is 0.0777 e. The number of methoxy groups -OCH3 is 1. The minimum Gasteiger partial charge on any atom is -0.392 e. The molecule has 0 aromatic heterocycles. The molecule has 16 heavy (non-hydrogen) atoms. The first-order valence-corrected chi connectivity index (χ1v) is 6.30.